The number of carboxylic acids is 2. The van der Waals surface area contributed by atoms with Crippen LogP contribution in [0.3, 0.4) is 0 Å². The zero-order chi connectivity index (χ0) is 43.2. The third kappa shape index (κ3) is 15.0. The van der Waals surface area contributed by atoms with Gasteiger partial charge in [0.15, 0.2) is 12.6 Å². The molecule has 17 atom stereocenters. The molecule has 0 spiro atoms. The van der Waals surface area contributed by atoms with Crippen molar-refractivity contribution >= 4 is 31.8 Å². The molecule has 2 amide bonds. The molecule has 59 heavy (non-hydrogen) atoms. The van der Waals surface area contributed by atoms with Gasteiger partial charge >= 0.3 is 59.1 Å². The average molecular weight is 891 g/mol. The number of aliphatic carboxylic acids is 2. The van der Waals surface area contributed by atoms with E-state index in [2.05, 4.69) is 30.3 Å². The fourth-order valence-corrected chi connectivity index (χ4v) is 7.19. The maximum absolute atomic E-state index is 12.8. The summed E-state index contributed by atoms with van der Waals surface area (Å²) in [6, 6.07) is -2.38. The van der Waals surface area contributed by atoms with Gasteiger partial charge in [-0.2, -0.15) is 0 Å². The number of hydrogen-bond donors (Lipinski definition) is 10. The topological polar surface area (TPSA) is 365 Å². The maximum Gasteiger partial charge on any atom is 1.00 e. The summed E-state index contributed by atoms with van der Waals surface area (Å²) in [6.07, 6.45) is -27.4. The number of nitrogens with one attached hydrogen (secondary N) is 2. The molecule has 0 aromatic heterocycles. The summed E-state index contributed by atoms with van der Waals surface area (Å²) in [6.45, 7) is 6.93. The van der Waals surface area contributed by atoms with Gasteiger partial charge in [0.1, 0.15) is 73.1 Å². The minimum atomic E-state index is -3.19. The summed E-state index contributed by atoms with van der Waals surface area (Å²) in [5, 5.41) is 115. The Morgan fingerprint density at radius 1 is 0.864 bits per heavy atom. The normalized spacial score (nSPS) is 36.5. The predicted molar refractivity (Wildman–Crippen MR) is 184 cm³/mol. The van der Waals surface area contributed by atoms with Gasteiger partial charge < -0.3 is 104 Å². The summed E-state index contributed by atoms with van der Waals surface area (Å²) >= 11 is 0. The number of aliphatic hydroxyl groups is 8. The Hall–Kier alpha value is -0.503. The molecule has 0 bridgehead atoms. The smallest absolute Gasteiger partial charge is 0.547 e. The molecule has 0 aliphatic carbocycles. The van der Waals surface area contributed by atoms with Crippen molar-refractivity contribution in [2.75, 3.05) is 26.4 Å². The maximum atomic E-state index is 12.8. The minimum absolute atomic E-state index is 0. The van der Waals surface area contributed by atoms with Gasteiger partial charge in [-0.25, -0.2) is 0 Å². The second-order valence-electron chi connectivity index (χ2n) is 15.5. The molecule has 26 heteroatoms. The van der Waals surface area contributed by atoms with Crippen molar-refractivity contribution in [1.82, 2.24) is 10.6 Å². The quantitative estimate of drug-likeness (QED) is 0.0538. The first-order valence-corrected chi connectivity index (χ1v) is 22.0. The molecule has 0 aromatic rings. The molecular weight excluding hydrogens is 834 g/mol. The van der Waals surface area contributed by atoms with Crippen LogP contribution in [-0.2, 0) is 52.3 Å². The number of aliphatic hydroxyl groups excluding tert-OH is 8. The van der Waals surface area contributed by atoms with E-state index in [1.165, 1.54) is 6.92 Å². The van der Waals surface area contributed by atoms with Crippen molar-refractivity contribution in [3.05, 3.63) is 0 Å². The van der Waals surface area contributed by atoms with E-state index in [4.69, 9.17) is 33.2 Å². The number of ether oxygens (including phenoxy) is 7. The van der Waals surface area contributed by atoms with Gasteiger partial charge in [-0.3, -0.25) is 9.59 Å². The van der Waals surface area contributed by atoms with E-state index >= 15 is 0 Å². The second-order valence-corrected chi connectivity index (χ2v) is 21.1. The fourth-order valence-electron chi connectivity index (χ4n) is 6.46. The molecule has 3 fully saturated rings. The second kappa shape index (κ2) is 24.5. The average Bonchev–Trinajstić information content (AvgIpc) is 3.11. The van der Waals surface area contributed by atoms with E-state index < -0.39 is 162 Å². The van der Waals surface area contributed by atoms with Gasteiger partial charge in [-0.15, -0.1) is 0 Å². The summed E-state index contributed by atoms with van der Waals surface area (Å²) in [4.78, 5) is 48.5. The van der Waals surface area contributed by atoms with Crippen LogP contribution in [0.4, 0.5) is 0 Å². The van der Waals surface area contributed by atoms with Gasteiger partial charge in [0.25, 0.3) is 0 Å². The van der Waals surface area contributed by atoms with Gasteiger partial charge in [0.2, 0.25) is 17.6 Å². The van der Waals surface area contributed by atoms with Crippen LogP contribution in [0, 0.1) is 0 Å². The van der Waals surface area contributed by atoms with Gasteiger partial charge in [-0.05, 0) is 13.0 Å². The Morgan fingerprint density at radius 3 is 1.93 bits per heavy atom. The molecule has 3 aliphatic rings. The SMILES string of the molecule is CC(=O)N[C@H]1[C@H](OCC[Si](C)(C)C)O[C@H](CO[C@H](C)C(=O)[O-])[C@H](O)[C@@H]1O[C@@H]1O[C@H](CO)[C@H](O)[C@H](O[C@]2(C(=O)[O-])C[C@H](O)[C@@H](NC(C)=O)[C@H]([C@@H](O)[C@H](O)CO)O2)[C@H]1O.[Na+].[Na+]. The summed E-state index contributed by atoms with van der Waals surface area (Å²) in [5.41, 5.74) is 0. The van der Waals surface area contributed by atoms with E-state index in [0.29, 0.717) is 6.04 Å². The molecule has 0 saturated carbocycles. The van der Waals surface area contributed by atoms with Crippen molar-refractivity contribution in [2.24, 2.45) is 0 Å². The van der Waals surface area contributed by atoms with Crippen molar-refractivity contribution in [3.8, 4) is 0 Å². The van der Waals surface area contributed by atoms with Gasteiger partial charge in [-0.1, -0.05) is 19.6 Å². The van der Waals surface area contributed by atoms with Crippen molar-refractivity contribution in [2.45, 2.75) is 157 Å². The summed E-state index contributed by atoms with van der Waals surface area (Å²) in [7, 11) is -1.71. The molecule has 3 aliphatic heterocycles. The predicted octanol–water partition coefficient (Wildman–Crippen LogP) is -13.9. The summed E-state index contributed by atoms with van der Waals surface area (Å²) < 4.78 is 40.1. The van der Waals surface area contributed by atoms with Crippen molar-refractivity contribution in [3.63, 3.8) is 0 Å². The van der Waals surface area contributed by atoms with Crippen LogP contribution in [0.1, 0.15) is 27.2 Å². The van der Waals surface area contributed by atoms with Crippen LogP contribution in [0.25, 0.3) is 0 Å². The molecule has 3 saturated heterocycles. The van der Waals surface area contributed by atoms with Gasteiger partial charge in [0, 0.05) is 34.9 Å². The molecule has 23 nitrogen and oxygen atoms in total. The molecule has 10 N–H and O–H groups in total. The molecule has 3 rings (SSSR count). The number of hydrogen-bond acceptors (Lipinski definition) is 21. The van der Waals surface area contributed by atoms with Crippen LogP contribution < -0.4 is 80.0 Å². The number of carbonyl (C=O) groups excluding carboxylic acids is 4. The Labute approximate surface area is 385 Å². The number of carboxylic acid groups (broad SMARTS) is 2. The van der Waals surface area contributed by atoms with E-state index in [-0.39, 0.29) is 65.7 Å². The molecule has 0 unspecified atom stereocenters. The number of amides is 2. The Morgan fingerprint density at radius 2 is 1.42 bits per heavy atom. The molecule has 0 radical (unpaired) electrons. The minimum Gasteiger partial charge on any atom is -0.547 e. The first-order chi connectivity index (χ1) is 26.5. The Balaban J connectivity index is 0.00000870. The number of carbonyl (C=O) groups is 4. The van der Waals surface area contributed by atoms with Crippen LogP contribution in [0.5, 0.6) is 0 Å². The monoisotopic (exact) mass is 890 g/mol. The Bertz CT molecular complexity index is 1370. The third-order valence-corrected chi connectivity index (χ3v) is 11.3. The van der Waals surface area contributed by atoms with E-state index in [1.807, 2.05) is 0 Å². The number of rotatable bonds is 19. The van der Waals surface area contributed by atoms with Crippen LogP contribution in [-0.4, -0.2) is 203 Å². The molecule has 3 heterocycles. The van der Waals surface area contributed by atoms with Crippen LogP contribution in [0.15, 0.2) is 0 Å². The molecule has 330 valence electrons. The van der Waals surface area contributed by atoms with Crippen molar-refractivity contribution in [1.29, 1.82) is 0 Å². The largest absolute Gasteiger partial charge is 1.00 e. The third-order valence-electron chi connectivity index (χ3n) is 9.63. The molecular formula is C33H56N2Na2O21Si. The first kappa shape index (κ1) is 56.5. The van der Waals surface area contributed by atoms with Crippen molar-refractivity contribution < 1.29 is 163 Å². The van der Waals surface area contributed by atoms with E-state index in [1.54, 1.807) is 0 Å². The zero-order valence-corrected chi connectivity index (χ0v) is 39.4. The van der Waals surface area contributed by atoms with E-state index in [0.717, 1.165) is 13.8 Å². The Kier molecular flexibility index (Phi) is 23.5. The van der Waals surface area contributed by atoms with Crippen LogP contribution >= 0.6 is 0 Å². The fraction of sp³-hybridized carbons (Fsp3) is 0.879. The molecule has 0 aromatic carbocycles. The standard InChI is InChI=1S/C33H58N2O21Si.2Na/c1-13(29(46)47)51-12-19-24(44)26(21(35-15(3)39)30(53-19)50-7-8-57(4,5)6)54-31-25(45)28(23(43)18(11-37)52-31)56-33(32(48)49)9-16(40)20(34-14(2)38)27(55-33)22(42)17(41)10-36;;/h13,16-28,30-31,36-37,40-45H,7-12H2,1-6H3,(H,34,38)(H,35,39)(H,46,47)(H,48,49);;/q;2*+1/p-2/t13-,16+,17-,18-,19-,20-,21-,22+,23+,24+,25-,26-,27-,28+,30-,31+,33+;;/m1../s1. The zero-order valence-electron chi connectivity index (χ0n) is 34.4. The first-order valence-electron chi connectivity index (χ1n) is 18.3. The van der Waals surface area contributed by atoms with E-state index in [9.17, 15) is 70.2 Å². The van der Waals surface area contributed by atoms with Gasteiger partial charge in [0.05, 0.1) is 44.0 Å². The summed E-state index contributed by atoms with van der Waals surface area (Å²) in [5.74, 6) is -8.44. The van der Waals surface area contributed by atoms with Crippen LogP contribution in [0.2, 0.25) is 25.7 Å².